The van der Waals surface area contributed by atoms with Gasteiger partial charge in [-0.3, -0.25) is 9.48 Å². The smallest absolute Gasteiger partial charge is 0.241 e. The molecule has 1 aliphatic carbocycles. The third kappa shape index (κ3) is 3.51. The van der Waals surface area contributed by atoms with Gasteiger partial charge in [-0.15, -0.1) is 0 Å². The molecule has 0 bridgehead atoms. The molecule has 3 unspecified atom stereocenters. The van der Waals surface area contributed by atoms with Crippen LogP contribution in [0.15, 0.2) is 12.4 Å². The highest BCUT2D eigenvalue weighted by molar-refractivity contribution is 7.99. The molecule has 2 rings (SSSR count). The SMILES string of the molecule is CSC1CCCCC1NC(=O)C(N)c1cnn(C)c1. The highest BCUT2D eigenvalue weighted by Crippen LogP contribution is 2.27. The van der Waals surface area contributed by atoms with E-state index < -0.39 is 6.04 Å². The summed E-state index contributed by atoms with van der Waals surface area (Å²) in [5, 5.41) is 7.67. The molecule has 1 amide bonds. The first-order chi connectivity index (χ1) is 9.11. The molecule has 19 heavy (non-hydrogen) atoms. The number of carbonyl (C=O) groups excluding carboxylic acids is 1. The molecule has 0 aromatic carbocycles. The maximum atomic E-state index is 12.2. The van der Waals surface area contributed by atoms with E-state index in [0.717, 1.165) is 12.0 Å². The summed E-state index contributed by atoms with van der Waals surface area (Å²) in [7, 11) is 1.82. The lowest BCUT2D eigenvalue weighted by molar-refractivity contribution is -0.123. The summed E-state index contributed by atoms with van der Waals surface area (Å²) in [5.74, 6) is -0.0982. The Morgan fingerprint density at radius 1 is 1.58 bits per heavy atom. The predicted octanol–water partition coefficient (Wildman–Crippen LogP) is 1.21. The van der Waals surface area contributed by atoms with Crippen LogP contribution in [0.25, 0.3) is 0 Å². The van der Waals surface area contributed by atoms with Crippen molar-refractivity contribution in [2.24, 2.45) is 12.8 Å². The van der Waals surface area contributed by atoms with Gasteiger partial charge in [0, 0.05) is 30.1 Å². The fraction of sp³-hybridized carbons (Fsp3) is 0.692. The largest absolute Gasteiger partial charge is 0.351 e. The summed E-state index contributed by atoms with van der Waals surface area (Å²) in [5.41, 5.74) is 6.74. The van der Waals surface area contributed by atoms with E-state index in [4.69, 9.17) is 5.73 Å². The Morgan fingerprint density at radius 2 is 2.32 bits per heavy atom. The lowest BCUT2D eigenvalue weighted by Crippen LogP contribution is -2.46. The van der Waals surface area contributed by atoms with E-state index in [9.17, 15) is 4.79 Å². The number of aromatic nitrogens is 2. The van der Waals surface area contributed by atoms with Gasteiger partial charge < -0.3 is 11.1 Å². The van der Waals surface area contributed by atoms with Crippen molar-refractivity contribution in [2.45, 2.75) is 43.0 Å². The fourth-order valence-electron chi connectivity index (χ4n) is 2.57. The molecule has 0 saturated heterocycles. The number of hydrogen-bond acceptors (Lipinski definition) is 4. The summed E-state index contributed by atoms with van der Waals surface area (Å²) < 4.78 is 1.66. The van der Waals surface area contributed by atoms with Gasteiger partial charge in [-0.2, -0.15) is 16.9 Å². The van der Waals surface area contributed by atoms with Crippen molar-refractivity contribution in [1.82, 2.24) is 15.1 Å². The molecule has 6 heteroatoms. The summed E-state index contributed by atoms with van der Waals surface area (Å²) in [6, 6.07) is -0.378. The van der Waals surface area contributed by atoms with Crippen molar-refractivity contribution >= 4 is 17.7 Å². The van der Waals surface area contributed by atoms with Gasteiger partial charge in [-0.05, 0) is 19.1 Å². The van der Waals surface area contributed by atoms with Gasteiger partial charge in [0.25, 0.3) is 0 Å². The van der Waals surface area contributed by atoms with Gasteiger partial charge in [0.05, 0.1) is 6.20 Å². The highest BCUT2D eigenvalue weighted by atomic mass is 32.2. The summed E-state index contributed by atoms with van der Waals surface area (Å²) in [4.78, 5) is 12.2. The first kappa shape index (κ1) is 14.4. The van der Waals surface area contributed by atoms with Crippen LogP contribution in [0.5, 0.6) is 0 Å². The molecule has 1 aromatic rings. The van der Waals surface area contributed by atoms with Crippen LogP contribution in [0.1, 0.15) is 37.3 Å². The molecule has 5 nitrogen and oxygen atoms in total. The number of nitrogens with two attached hydrogens (primary N) is 1. The quantitative estimate of drug-likeness (QED) is 0.870. The van der Waals surface area contributed by atoms with E-state index >= 15 is 0 Å². The third-order valence-corrected chi connectivity index (χ3v) is 4.87. The standard InChI is InChI=1S/C13H22N4OS/c1-17-8-9(7-15-17)12(14)13(18)16-10-5-3-4-6-11(10)19-2/h7-8,10-12H,3-6,14H2,1-2H3,(H,16,18). The van der Waals surface area contributed by atoms with Crippen LogP contribution in [0.4, 0.5) is 0 Å². The summed E-state index contributed by atoms with van der Waals surface area (Å²) >= 11 is 1.84. The van der Waals surface area contributed by atoms with Gasteiger partial charge in [0.2, 0.25) is 5.91 Å². The number of aryl methyl sites for hydroxylation is 1. The van der Waals surface area contributed by atoms with Crippen LogP contribution in [-0.4, -0.2) is 33.2 Å². The van der Waals surface area contributed by atoms with Gasteiger partial charge >= 0.3 is 0 Å². The van der Waals surface area contributed by atoms with E-state index in [2.05, 4.69) is 16.7 Å². The molecular weight excluding hydrogens is 260 g/mol. The van der Waals surface area contributed by atoms with Crippen molar-refractivity contribution in [3.05, 3.63) is 18.0 Å². The number of nitrogens with one attached hydrogen (secondary N) is 1. The predicted molar refractivity (Wildman–Crippen MR) is 77.8 cm³/mol. The minimum Gasteiger partial charge on any atom is -0.351 e. The van der Waals surface area contributed by atoms with Crippen LogP contribution in [0.3, 0.4) is 0 Å². The molecule has 1 fully saturated rings. The summed E-state index contributed by atoms with van der Waals surface area (Å²) in [6.45, 7) is 0. The third-order valence-electron chi connectivity index (χ3n) is 3.70. The molecule has 1 heterocycles. The molecule has 1 aromatic heterocycles. The number of hydrogen-bond donors (Lipinski definition) is 2. The van der Waals surface area contributed by atoms with Crippen molar-refractivity contribution in [1.29, 1.82) is 0 Å². The Balaban J connectivity index is 1.96. The molecule has 3 N–H and O–H groups in total. The number of rotatable bonds is 4. The number of carbonyl (C=O) groups is 1. The topological polar surface area (TPSA) is 72.9 Å². The zero-order chi connectivity index (χ0) is 13.8. The van der Waals surface area contributed by atoms with Crippen molar-refractivity contribution in [3.8, 4) is 0 Å². The Kier molecular flexibility index (Phi) is 4.87. The van der Waals surface area contributed by atoms with Gasteiger partial charge in [0.1, 0.15) is 6.04 Å². The first-order valence-corrected chi connectivity index (χ1v) is 7.98. The second-order valence-electron chi connectivity index (χ2n) is 5.10. The Morgan fingerprint density at radius 3 is 2.95 bits per heavy atom. The Bertz CT molecular complexity index is 434. The lowest BCUT2D eigenvalue weighted by Gasteiger charge is -2.31. The number of amides is 1. The molecule has 3 atom stereocenters. The maximum absolute atomic E-state index is 12.2. The van der Waals surface area contributed by atoms with E-state index in [1.165, 1.54) is 19.3 Å². The van der Waals surface area contributed by atoms with Crippen LogP contribution < -0.4 is 11.1 Å². The molecule has 1 saturated carbocycles. The first-order valence-electron chi connectivity index (χ1n) is 6.69. The molecule has 0 aliphatic heterocycles. The molecule has 1 aliphatic rings. The highest BCUT2D eigenvalue weighted by Gasteiger charge is 2.28. The minimum absolute atomic E-state index is 0.0982. The average Bonchev–Trinajstić information content (AvgIpc) is 2.85. The molecule has 106 valence electrons. The second-order valence-corrected chi connectivity index (χ2v) is 6.18. The van der Waals surface area contributed by atoms with E-state index in [-0.39, 0.29) is 11.9 Å². The van der Waals surface area contributed by atoms with E-state index in [0.29, 0.717) is 5.25 Å². The zero-order valence-electron chi connectivity index (χ0n) is 11.5. The fourth-order valence-corrected chi connectivity index (χ4v) is 3.50. The van der Waals surface area contributed by atoms with Crippen LogP contribution >= 0.6 is 11.8 Å². The monoisotopic (exact) mass is 282 g/mol. The normalized spacial score (nSPS) is 25.0. The van der Waals surface area contributed by atoms with Crippen molar-refractivity contribution < 1.29 is 4.79 Å². The van der Waals surface area contributed by atoms with Crippen LogP contribution in [-0.2, 0) is 11.8 Å². The molecule has 0 radical (unpaired) electrons. The average molecular weight is 282 g/mol. The van der Waals surface area contributed by atoms with Crippen LogP contribution in [0, 0.1) is 0 Å². The Hall–Kier alpha value is -1.01. The van der Waals surface area contributed by atoms with E-state index in [1.54, 1.807) is 17.1 Å². The van der Waals surface area contributed by atoms with E-state index in [1.807, 2.05) is 18.8 Å². The second kappa shape index (κ2) is 6.43. The zero-order valence-corrected chi connectivity index (χ0v) is 12.3. The van der Waals surface area contributed by atoms with Gasteiger partial charge in [-0.1, -0.05) is 12.8 Å². The van der Waals surface area contributed by atoms with Crippen molar-refractivity contribution in [3.63, 3.8) is 0 Å². The number of nitrogens with zero attached hydrogens (tertiary/aromatic N) is 2. The lowest BCUT2D eigenvalue weighted by atomic mass is 9.94. The molecule has 0 spiro atoms. The summed E-state index contributed by atoms with van der Waals surface area (Å²) in [6.07, 6.45) is 10.2. The van der Waals surface area contributed by atoms with Crippen LogP contribution in [0.2, 0.25) is 0 Å². The minimum atomic E-state index is -0.627. The van der Waals surface area contributed by atoms with Gasteiger partial charge in [-0.25, -0.2) is 0 Å². The van der Waals surface area contributed by atoms with Gasteiger partial charge in [0.15, 0.2) is 0 Å². The van der Waals surface area contributed by atoms with Crippen molar-refractivity contribution in [2.75, 3.05) is 6.26 Å². The molecular formula is C13H22N4OS. The number of thioether (sulfide) groups is 1. The Labute approximate surface area is 118 Å². The maximum Gasteiger partial charge on any atom is 0.241 e.